The molecule has 2 aliphatic rings. The fourth-order valence-corrected chi connectivity index (χ4v) is 5.01. The topological polar surface area (TPSA) is 12.9 Å². The van der Waals surface area contributed by atoms with Gasteiger partial charge < -0.3 is 0 Å². The van der Waals surface area contributed by atoms with Gasteiger partial charge >= 0.3 is 0 Å². The maximum absolute atomic E-state index is 4.66. The standard InChI is InChI=1S/C20H24BN/c1-15-7-4-12-18(20(15)19-13-2-3-14-22-19)21-16-8-5-9-17(21)11-6-10-16/h2-4,7,12-14,16-17H,5-6,8-11H2,1H3. The van der Waals surface area contributed by atoms with Gasteiger partial charge in [0.2, 0.25) is 0 Å². The zero-order valence-corrected chi connectivity index (χ0v) is 13.5. The summed E-state index contributed by atoms with van der Waals surface area (Å²) in [5.41, 5.74) is 5.51. The lowest BCUT2D eigenvalue weighted by Gasteiger charge is -2.41. The highest BCUT2D eigenvalue weighted by atomic mass is 14.7. The van der Waals surface area contributed by atoms with Gasteiger partial charge in [-0.1, -0.05) is 79.9 Å². The van der Waals surface area contributed by atoms with E-state index in [9.17, 15) is 0 Å². The molecule has 2 aliphatic heterocycles. The highest BCUT2D eigenvalue weighted by molar-refractivity contribution is 6.77. The molecule has 2 aromatic rings. The van der Waals surface area contributed by atoms with Crippen LogP contribution in [0.5, 0.6) is 0 Å². The van der Waals surface area contributed by atoms with E-state index in [2.05, 4.69) is 42.2 Å². The number of nitrogens with zero attached hydrogens (tertiary/aromatic N) is 1. The smallest absolute Gasteiger partial charge is 0.183 e. The average Bonchev–Trinajstić information content (AvgIpc) is 2.54. The van der Waals surface area contributed by atoms with Crippen molar-refractivity contribution >= 4 is 12.2 Å². The Hall–Kier alpha value is -1.57. The molecule has 0 aliphatic carbocycles. The predicted molar refractivity (Wildman–Crippen MR) is 95.0 cm³/mol. The Morgan fingerprint density at radius 1 is 0.909 bits per heavy atom. The lowest BCUT2D eigenvalue weighted by molar-refractivity contribution is 0.448. The van der Waals surface area contributed by atoms with Crippen LogP contribution in [0.1, 0.15) is 44.1 Å². The Labute approximate surface area is 134 Å². The van der Waals surface area contributed by atoms with Gasteiger partial charge in [-0.2, -0.15) is 0 Å². The Bertz CT molecular complexity index is 630. The van der Waals surface area contributed by atoms with E-state index in [1.807, 2.05) is 12.3 Å². The van der Waals surface area contributed by atoms with E-state index in [0.29, 0.717) is 0 Å². The monoisotopic (exact) mass is 289 g/mol. The van der Waals surface area contributed by atoms with E-state index in [0.717, 1.165) is 24.0 Å². The van der Waals surface area contributed by atoms with E-state index < -0.39 is 0 Å². The van der Waals surface area contributed by atoms with Crippen LogP contribution in [0.15, 0.2) is 42.6 Å². The first kappa shape index (κ1) is 14.1. The molecule has 2 heteroatoms. The summed E-state index contributed by atoms with van der Waals surface area (Å²) >= 11 is 0. The van der Waals surface area contributed by atoms with Crippen LogP contribution >= 0.6 is 0 Å². The van der Waals surface area contributed by atoms with Crippen molar-refractivity contribution in [1.29, 1.82) is 0 Å². The molecule has 2 fully saturated rings. The van der Waals surface area contributed by atoms with Crippen LogP contribution in [0.3, 0.4) is 0 Å². The third-order valence-electron chi connectivity index (χ3n) is 5.90. The van der Waals surface area contributed by atoms with Crippen molar-refractivity contribution in [3.8, 4) is 11.3 Å². The Kier molecular flexibility index (Phi) is 3.77. The number of benzene rings is 1. The van der Waals surface area contributed by atoms with Gasteiger partial charge in [-0.3, -0.25) is 4.98 Å². The van der Waals surface area contributed by atoms with Gasteiger partial charge in [0.1, 0.15) is 0 Å². The molecule has 2 bridgehead atoms. The van der Waals surface area contributed by atoms with Gasteiger partial charge in [0.05, 0.1) is 5.69 Å². The van der Waals surface area contributed by atoms with Crippen molar-refractivity contribution in [1.82, 2.24) is 4.98 Å². The summed E-state index contributed by atoms with van der Waals surface area (Å²) < 4.78 is 0. The first-order valence-corrected chi connectivity index (χ1v) is 8.85. The zero-order valence-electron chi connectivity index (χ0n) is 13.5. The molecule has 1 aromatic carbocycles. The molecule has 0 amide bonds. The molecular weight excluding hydrogens is 265 g/mol. The maximum Gasteiger partial charge on any atom is 0.183 e. The second-order valence-electron chi connectivity index (χ2n) is 7.16. The fourth-order valence-electron chi connectivity index (χ4n) is 5.01. The maximum atomic E-state index is 4.66. The summed E-state index contributed by atoms with van der Waals surface area (Å²) in [5, 5.41) is 0. The van der Waals surface area contributed by atoms with Gasteiger partial charge in [-0.05, 0) is 30.2 Å². The van der Waals surface area contributed by atoms with Crippen molar-refractivity contribution < 1.29 is 0 Å². The molecule has 4 rings (SSSR count). The highest BCUT2D eigenvalue weighted by Crippen LogP contribution is 2.46. The number of aryl methyl sites for hydroxylation is 1. The van der Waals surface area contributed by atoms with Crippen LogP contribution in [-0.4, -0.2) is 11.7 Å². The van der Waals surface area contributed by atoms with Gasteiger partial charge in [0.15, 0.2) is 6.71 Å². The van der Waals surface area contributed by atoms with E-state index in [1.54, 1.807) is 5.46 Å². The zero-order chi connectivity index (χ0) is 14.9. The van der Waals surface area contributed by atoms with Gasteiger partial charge in [0, 0.05) is 6.20 Å². The minimum absolute atomic E-state index is 0.763. The third-order valence-corrected chi connectivity index (χ3v) is 5.90. The molecule has 2 saturated heterocycles. The summed E-state index contributed by atoms with van der Waals surface area (Å²) in [4.78, 5) is 4.66. The second-order valence-corrected chi connectivity index (χ2v) is 7.16. The Balaban J connectivity index is 1.84. The summed E-state index contributed by atoms with van der Waals surface area (Å²) in [6.07, 6.45) is 10.5. The van der Waals surface area contributed by atoms with Crippen molar-refractivity contribution in [2.24, 2.45) is 0 Å². The van der Waals surface area contributed by atoms with Crippen LogP contribution in [0.2, 0.25) is 11.6 Å². The molecular formula is C20H24BN. The van der Waals surface area contributed by atoms with E-state index >= 15 is 0 Å². The molecule has 0 N–H and O–H groups in total. The summed E-state index contributed by atoms with van der Waals surface area (Å²) in [5.74, 6) is 1.80. The number of hydrogen-bond donors (Lipinski definition) is 0. The summed E-state index contributed by atoms with van der Waals surface area (Å²) in [6.45, 7) is 3.01. The minimum atomic E-state index is 0.763. The fraction of sp³-hybridized carbons (Fsp3) is 0.450. The molecule has 1 nitrogen and oxygen atoms in total. The quantitative estimate of drug-likeness (QED) is 0.719. The lowest BCUT2D eigenvalue weighted by Crippen LogP contribution is -2.45. The van der Waals surface area contributed by atoms with Crippen LogP contribution in [-0.2, 0) is 0 Å². The number of fused-ring (bicyclic) bond motifs is 2. The predicted octanol–water partition coefficient (Wildman–Crippen LogP) is 4.87. The lowest BCUT2D eigenvalue weighted by atomic mass is 9.24. The SMILES string of the molecule is Cc1cccc(B2C3CCCC2CCC3)c1-c1ccccn1. The Morgan fingerprint density at radius 3 is 2.27 bits per heavy atom. The van der Waals surface area contributed by atoms with Gasteiger partial charge in [0.25, 0.3) is 0 Å². The summed E-state index contributed by atoms with van der Waals surface area (Å²) in [6, 6.07) is 13.2. The first-order chi connectivity index (χ1) is 10.8. The number of rotatable bonds is 2. The molecule has 22 heavy (non-hydrogen) atoms. The van der Waals surface area contributed by atoms with Crippen molar-refractivity contribution in [3.63, 3.8) is 0 Å². The highest BCUT2D eigenvalue weighted by Gasteiger charge is 2.41. The number of pyridine rings is 1. The van der Waals surface area contributed by atoms with Crippen molar-refractivity contribution in [3.05, 3.63) is 48.2 Å². The van der Waals surface area contributed by atoms with E-state index in [1.165, 1.54) is 49.7 Å². The molecule has 0 radical (unpaired) electrons. The minimum Gasteiger partial charge on any atom is -0.256 e. The molecule has 0 unspecified atom stereocenters. The molecule has 1 aromatic heterocycles. The van der Waals surface area contributed by atoms with Crippen LogP contribution in [0, 0.1) is 6.92 Å². The number of hydrogen-bond acceptors (Lipinski definition) is 1. The van der Waals surface area contributed by atoms with E-state index in [-0.39, 0.29) is 0 Å². The van der Waals surface area contributed by atoms with Crippen LogP contribution in [0.25, 0.3) is 11.3 Å². The van der Waals surface area contributed by atoms with Crippen LogP contribution < -0.4 is 5.46 Å². The van der Waals surface area contributed by atoms with Gasteiger partial charge in [-0.25, -0.2) is 0 Å². The Morgan fingerprint density at radius 2 is 1.64 bits per heavy atom. The van der Waals surface area contributed by atoms with Crippen molar-refractivity contribution in [2.45, 2.75) is 57.1 Å². The average molecular weight is 289 g/mol. The van der Waals surface area contributed by atoms with Crippen molar-refractivity contribution in [2.75, 3.05) is 0 Å². The third kappa shape index (κ3) is 2.39. The molecule has 3 heterocycles. The van der Waals surface area contributed by atoms with E-state index in [4.69, 9.17) is 0 Å². The first-order valence-electron chi connectivity index (χ1n) is 8.85. The van der Waals surface area contributed by atoms with Gasteiger partial charge in [-0.15, -0.1) is 0 Å². The number of aromatic nitrogens is 1. The normalized spacial score (nSPS) is 24.3. The molecule has 0 spiro atoms. The molecule has 0 saturated carbocycles. The molecule has 0 atom stereocenters. The second kappa shape index (κ2) is 5.91. The molecule has 112 valence electrons. The van der Waals surface area contributed by atoms with Crippen LogP contribution in [0.4, 0.5) is 0 Å². The largest absolute Gasteiger partial charge is 0.256 e. The summed E-state index contributed by atoms with van der Waals surface area (Å²) in [7, 11) is 0.